The van der Waals surface area contributed by atoms with Crippen molar-refractivity contribution in [2.24, 2.45) is 0 Å². The van der Waals surface area contributed by atoms with Gasteiger partial charge in [0, 0.05) is 25.8 Å². The molecular formula is C26H52KNO4S. The summed E-state index contributed by atoms with van der Waals surface area (Å²) in [6.07, 6.45) is 25.5. The van der Waals surface area contributed by atoms with Crippen molar-refractivity contribution in [1.29, 1.82) is 0 Å². The number of hydrogen-bond donors (Lipinski definition) is 0. The van der Waals surface area contributed by atoms with Crippen molar-refractivity contribution in [2.45, 2.75) is 142 Å². The molecule has 0 unspecified atom stereocenters. The molecule has 192 valence electrons. The van der Waals surface area contributed by atoms with Gasteiger partial charge >= 0.3 is 51.4 Å². The number of amides is 1. The molecule has 0 spiro atoms. The first-order valence-electron chi connectivity index (χ1n) is 13.5. The van der Waals surface area contributed by atoms with E-state index < -0.39 is 10.1 Å². The Labute approximate surface area is 248 Å². The summed E-state index contributed by atoms with van der Waals surface area (Å²) in [5.74, 6) is -0.222. The smallest absolute Gasteiger partial charge is 0.748 e. The predicted molar refractivity (Wildman–Crippen MR) is 135 cm³/mol. The molecule has 0 saturated heterocycles. The monoisotopic (exact) mass is 513 g/mol. The van der Waals surface area contributed by atoms with Gasteiger partial charge in [0.15, 0.2) is 0 Å². The van der Waals surface area contributed by atoms with E-state index in [4.69, 9.17) is 0 Å². The molecule has 0 aliphatic carbocycles. The largest absolute Gasteiger partial charge is 1.00 e. The zero-order valence-corrected chi connectivity index (χ0v) is 26.2. The molecule has 0 N–H and O–H groups in total. The van der Waals surface area contributed by atoms with Crippen molar-refractivity contribution >= 4 is 16.0 Å². The zero-order valence-electron chi connectivity index (χ0n) is 22.3. The van der Waals surface area contributed by atoms with E-state index in [0.717, 1.165) is 12.8 Å². The van der Waals surface area contributed by atoms with Gasteiger partial charge in [-0.3, -0.25) is 4.79 Å². The minimum Gasteiger partial charge on any atom is -0.748 e. The van der Waals surface area contributed by atoms with Gasteiger partial charge in [0.25, 0.3) is 0 Å². The third kappa shape index (κ3) is 29.1. The Hall–Kier alpha value is 1.02. The van der Waals surface area contributed by atoms with Gasteiger partial charge in [0.2, 0.25) is 5.91 Å². The van der Waals surface area contributed by atoms with Gasteiger partial charge in [0.1, 0.15) is 0 Å². The van der Waals surface area contributed by atoms with Crippen LogP contribution in [0.15, 0.2) is 0 Å². The van der Waals surface area contributed by atoms with E-state index in [2.05, 4.69) is 6.92 Å². The van der Waals surface area contributed by atoms with Crippen LogP contribution < -0.4 is 51.4 Å². The molecule has 0 saturated carbocycles. The van der Waals surface area contributed by atoms with Crippen LogP contribution in [0.4, 0.5) is 0 Å². The summed E-state index contributed by atoms with van der Waals surface area (Å²) in [4.78, 5) is 13.7. The van der Waals surface area contributed by atoms with E-state index in [1.54, 1.807) is 11.9 Å². The molecule has 0 aromatic heterocycles. The van der Waals surface area contributed by atoms with E-state index >= 15 is 0 Å². The Morgan fingerprint density at radius 1 is 0.636 bits per heavy atom. The molecule has 33 heavy (non-hydrogen) atoms. The van der Waals surface area contributed by atoms with Crippen LogP contribution in [0.3, 0.4) is 0 Å². The van der Waals surface area contributed by atoms with Crippen molar-refractivity contribution in [3.8, 4) is 0 Å². The number of nitrogens with zero attached hydrogens (tertiary/aromatic N) is 1. The molecule has 5 nitrogen and oxygen atoms in total. The molecule has 1 amide bonds. The van der Waals surface area contributed by atoms with Crippen molar-refractivity contribution in [3.05, 3.63) is 0 Å². The first-order chi connectivity index (χ1) is 15.4. The first kappa shape index (κ1) is 36.2. The molecule has 7 heteroatoms. The summed E-state index contributed by atoms with van der Waals surface area (Å²) in [5.41, 5.74) is 0. The average molecular weight is 514 g/mol. The van der Waals surface area contributed by atoms with Crippen LogP contribution in [0.5, 0.6) is 0 Å². The molecule has 0 radical (unpaired) electrons. The zero-order chi connectivity index (χ0) is 23.9. The molecule has 0 atom stereocenters. The topological polar surface area (TPSA) is 77.5 Å². The Kier molecular flexibility index (Phi) is 28.6. The summed E-state index contributed by atoms with van der Waals surface area (Å²) >= 11 is 0. The molecule has 0 rings (SSSR count). The minimum atomic E-state index is -4.14. The van der Waals surface area contributed by atoms with Crippen molar-refractivity contribution < 1.29 is 69.1 Å². The maximum atomic E-state index is 12.1. The Morgan fingerprint density at radius 2 is 1.00 bits per heavy atom. The fourth-order valence-electron chi connectivity index (χ4n) is 4.12. The maximum Gasteiger partial charge on any atom is 1.00 e. The van der Waals surface area contributed by atoms with Crippen molar-refractivity contribution in [1.82, 2.24) is 4.90 Å². The Morgan fingerprint density at radius 3 is 1.36 bits per heavy atom. The average Bonchev–Trinajstić information content (AvgIpc) is 2.74. The van der Waals surface area contributed by atoms with Gasteiger partial charge in [-0.25, -0.2) is 8.42 Å². The minimum absolute atomic E-state index is 0. The fourth-order valence-corrected chi connectivity index (χ4v) is 4.68. The van der Waals surface area contributed by atoms with Crippen molar-refractivity contribution in [3.63, 3.8) is 0 Å². The number of carbonyl (C=O) groups is 1. The summed E-state index contributed by atoms with van der Waals surface area (Å²) < 4.78 is 31.7. The Bertz CT molecular complexity index is 528. The van der Waals surface area contributed by atoms with Crippen molar-refractivity contribution in [2.75, 3.05) is 19.3 Å². The molecule has 0 aliphatic rings. The molecule has 0 heterocycles. The van der Waals surface area contributed by atoms with Gasteiger partial charge in [-0.2, -0.15) is 0 Å². The summed E-state index contributed by atoms with van der Waals surface area (Å²) in [7, 11) is -2.38. The van der Waals surface area contributed by atoms with Gasteiger partial charge in [-0.15, -0.1) is 0 Å². The normalized spacial score (nSPS) is 11.4. The molecule has 0 aliphatic heterocycles. The van der Waals surface area contributed by atoms with Crippen LogP contribution in [0.1, 0.15) is 142 Å². The second kappa shape index (κ2) is 26.1. The summed E-state index contributed by atoms with van der Waals surface area (Å²) in [6, 6.07) is 0. The van der Waals surface area contributed by atoms with Gasteiger partial charge in [-0.05, 0) is 19.3 Å². The quantitative estimate of drug-likeness (QED) is 0.110. The van der Waals surface area contributed by atoms with Gasteiger partial charge in [-0.1, -0.05) is 116 Å². The van der Waals surface area contributed by atoms with E-state index in [1.165, 1.54) is 103 Å². The van der Waals surface area contributed by atoms with Crippen LogP contribution in [0.25, 0.3) is 0 Å². The van der Waals surface area contributed by atoms with E-state index in [0.29, 0.717) is 25.8 Å². The number of rotatable bonds is 24. The Balaban J connectivity index is 0. The summed E-state index contributed by atoms with van der Waals surface area (Å²) in [6.45, 7) is 2.80. The second-order valence-corrected chi connectivity index (χ2v) is 11.1. The predicted octanol–water partition coefficient (Wildman–Crippen LogP) is 4.21. The summed E-state index contributed by atoms with van der Waals surface area (Å²) in [5, 5.41) is 0. The molecular weight excluding hydrogens is 461 g/mol. The van der Waals surface area contributed by atoms with Crippen LogP contribution in [-0.4, -0.2) is 43.1 Å². The molecule has 0 aromatic carbocycles. The third-order valence-electron chi connectivity index (χ3n) is 6.31. The third-order valence-corrected chi connectivity index (χ3v) is 7.10. The van der Waals surface area contributed by atoms with Crippen LogP contribution in [-0.2, 0) is 14.9 Å². The van der Waals surface area contributed by atoms with Gasteiger partial charge < -0.3 is 9.45 Å². The van der Waals surface area contributed by atoms with Crippen LogP contribution >= 0.6 is 0 Å². The molecule has 0 bridgehead atoms. The molecule has 0 fully saturated rings. The van der Waals surface area contributed by atoms with Gasteiger partial charge in [0.05, 0.1) is 10.1 Å². The SMILES string of the molecule is CCCCCCCCCCCCCCCCCCCCC(=O)N(C)CCCCS(=O)(=O)[O-].[K+]. The van der Waals surface area contributed by atoms with E-state index in [-0.39, 0.29) is 63.0 Å². The molecule has 0 aromatic rings. The number of unbranched alkanes of at least 4 members (excludes halogenated alkanes) is 18. The number of hydrogen-bond acceptors (Lipinski definition) is 4. The second-order valence-electron chi connectivity index (χ2n) is 9.54. The van der Waals surface area contributed by atoms with Crippen LogP contribution in [0, 0.1) is 0 Å². The number of carbonyl (C=O) groups excluding carboxylic acids is 1. The standard InChI is InChI=1S/C26H53NO4S.K/c1-3-4-5-6-7-8-9-10-11-12-13-14-15-16-17-18-19-20-23-26(28)27(2)24-21-22-25-32(29,30)31;/h3-25H2,1-2H3,(H,29,30,31);/q;+1/p-1. The first-order valence-corrected chi connectivity index (χ1v) is 15.1. The maximum absolute atomic E-state index is 12.1. The van der Waals surface area contributed by atoms with Crippen LogP contribution in [0.2, 0.25) is 0 Å². The van der Waals surface area contributed by atoms with E-state index in [9.17, 15) is 17.8 Å². The fraction of sp³-hybridized carbons (Fsp3) is 0.962. The van der Waals surface area contributed by atoms with E-state index in [1.807, 2.05) is 0 Å².